The minimum absolute atomic E-state index is 0.0492. The molecule has 0 bridgehead atoms. The average Bonchev–Trinajstić information content (AvgIpc) is 2.63. The number of fused-ring (bicyclic) bond motifs is 1. The molecule has 4 rings (SSSR count). The van der Waals surface area contributed by atoms with Crippen LogP contribution in [0.15, 0.2) is 68.6 Å². The van der Waals surface area contributed by atoms with Crippen molar-refractivity contribution in [3.05, 3.63) is 98.0 Å². The Morgan fingerprint density at radius 3 is 2.36 bits per heavy atom. The van der Waals surface area contributed by atoms with E-state index < -0.39 is 28.8 Å². The number of halogens is 4. The number of hydrogen-bond donors (Lipinski definition) is 0. The summed E-state index contributed by atoms with van der Waals surface area (Å²) in [6.45, 7) is 0. The molecular formula is C20H9ClF3NO3. The van der Waals surface area contributed by atoms with Gasteiger partial charge in [0.25, 0.3) is 5.56 Å². The van der Waals surface area contributed by atoms with E-state index >= 15 is 0 Å². The molecule has 0 radical (unpaired) electrons. The Balaban J connectivity index is 1.99. The van der Waals surface area contributed by atoms with Crippen molar-refractivity contribution in [2.24, 2.45) is 0 Å². The van der Waals surface area contributed by atoms with Crippen LogP contribution in [0.3, 0.4) is 0 Å². The van der Waals surface area contributed by atoms with E-state index in [1.807, 2.05) is 0 Å². The molecular weight excluding hydrogens is 395 g/mol. The summed E-state index contributed by atoms with van der Waals surface area (Å²) in [6.07, 6.45) is 0. The molecule has 0 aliphatic carbocycles. The summed E-state index contributed by atoms with van der Waals surface area (Å²) in [7, 11) is 0. The number of nitrogens with zero attached hydrogens (tertiary/aromatic N) is 1. The van der Waals surface area contributed by atoms with Gasteiger partial charge in [-0.2, -0.15) is 0 Å². The standard InChI is InChI=1S/C20H9ClF3NO3/c21-11-2-5-17(16(24)8-11)25-19(26)14-7-10(1-6-18(14)28-20(25)27)13-4-3-12(22)9-15(13)23/h1-9H. The third-order valence-corrected chi connectivity index (χ3v) is 4.42. The predicted octanol–water partition coefficient (Wildman–Crippen LogP) is 4.68. The first kappa shape index (κ1) is 18.1. The minimum Gasteiger partial charge on any atom is -0.409 e. The lowest BCUT2D eigenvalue weighted by Crippen LogP contribution is -2.31. The second kappa shape index (κ2) is 6.69. The van der Waals surface area contributed by atoms with Crippen LogP contribution in [0, 0.1) is 17.5 Å². The zero-order chi connectivity index (χ0) is 20.0. The van der Waals surface area contributed by atoms with Gasteiger partial charge in [-0.25, -0.2) is 22.5 Å². The van der Waals surface area contributed by atoms with E-state index in [-0.39, 0.29) is 32.8 Å². The fourth-order valence-electron chi connectivity index (χ4n) is 2.89. The van der Waals surface area contributed by atoms with Gasteiger partial charge in [-0.3, -0.25) is 4.79 Å². The van der Waals surface area contributed by atoms with Crippen LogP contribution in [0.5, 0.6) is 0 Å². The van der Waals surface area contributed by atoms with E-state index in [0.29, 0.717) is 10.6 Å². The van der Waals surface area contributed by atoms with Crippen LogP contribution in [0.2, 0.25) is 5.02 Å². The Labute approximate surface area is 160 Å². The van der Waals surface area contributed by atoms with E-state index in [9.17, 15) is 22.8 Å². The first-order chi connectivity index (χ1) is 13.3. The summed E-state index contributed by atoms with van der Waals surface area (Å²) in [5.74, 6) is -3.53. The van der Waals surface area contributed by atoms with Gasteiger partial charge in [0.1, 0.15) is 23.0 Å². The van der Waals surface area contributed by atoms with Gasteiger partial charge in [-0.15, -0.1) is 0 Å². The first-order valence-electron chi connectivity index (χ1n) is 7.96. The maximum absolute atomic E-state index is 14.2. The molecule has 0 spiro atoms. The molecule has 0 unspecified atom stereocenters. The lowest BCUT2D eigenvalue weighted by molar-refractivity contribution is 0.496. The molecule has 0 amide bonds. The molecule has 28 heavy (non-hydrogen) atoms. The number of benzene rings is 3. The molecule has 1 aromatic heterocycles. The SMILES string of the molecule is O=c1oc2ccc(-c3ccc(F)cc3F)cc2c(=O)n1-c1ccc(Cl)cc1F. The Kier molecular flexibility index (Phi) is 4.31. The average molecular weight is 404 g/mol. The highest BCUT2D eigenvalue weighted by atomic mass is 35.5. The van der Waals surface area contributed by atoms with Gasteiger partial charge in [0.2, 0.25) is 0 Å². The molecule has 0 saturated carbocycles. The Morgan fingerprint density at radius 2 is 1.64 bits per heavy atom. The van der Waals surface area contributed by atoms with E-state index in [4.69, 9.17) is 16.0 Å². The zero-order valence-electron chi connectivity index (χ0n) is 13.9. The van der Waals surface area contributed by atoms with Crippen molar-refractivity contribution in [2.75, 3.05) is 0 Å². The smallest absolute Gasteiger partial charge is 0.409 e. The summed E-state index contributed by atoms with van der Waals surface area (Å²) in [5, 5.41) is 0.0173. The Morgan fingerprint density at radius 1 is 0.857 bits per heavy atom. The summed E-state index contributed by atoms with van der Waals surface area (Å²) in [4.78, 5) is 25.1. The van der Waals surface area contributed by atoms with Crippen LogP contribution in [0.25, 0.3) is 27.8 Å². The van der Waals surface area contributed by atoms with Gasteiger partial charge >= 0.3 is 5.76 Å². The van der Waals surface area contributed by atoms with Crippen molar-refractivity contribution in [3.63, 3.8) is 0 Å². The summed E-state index contributed by atoms with van der Waals surface area (Å²) in [5.41, 5.74) is -0.913. The number of aromatic nitrogens is 1. The van der Waals surface area contributed by atoms with Crippen molar-refractivity contribution < 1.29 is 17.6 Å². The molecule has 0 aliphatic rings. The molecule has 0 saturated heterocycles. The quantitative estimate of drug-likeness (QED) is 0.488. The monoisotopic (exact) mass is 403 g/mol. The molecule has 0 N–H and O–H groups in total. The highest BCUT2D eigenvalue weighted by Gasteiger charge is 2.16. The maximum Gasteiger partial charge on any atom is 0.427 e. The number of rotatable bonds is 2. The van der Waals surface area contributed by atoms with Gasteiger partial charge in [0, 0.05) is 16.7 Å². The van der Waals surface area contributed by atoms with E-state index in [2.05, 4.69) is 0 Å². The van der Waals surface area contributed by atoms with Crippen molar-refractivity contribution in [2.45, 2.75) is 0 Å². The van der Waals surface area contributed by atoms with Crippen LogP contribution in [0.4, 0.5) is 13.2 Å². The lowest BCUT2D eigenvalue weighted by atomic mass is 10.0. The van der Waals surface area contributed by atoms with Crippen LogP contribution < -0.4 is 11.3 Å². The van der Waals surface area contributed by atoms with Crippen molar-refractivity contribution in [1.82, 2.24) is 4.57 Å². The van der Waals surface area contributed by atoms with E-state index in [1.54, 1.807) is 0 Å². The number of hydrogen-bond acceptors (Lipinski definition) is 3. The molecule has 0 aliphatic heterocycles. The second-order valence-electron chi connectivity index (χ2n) is 5.94. The minimum atomic E-state index is -1.08. The molecule has 4 nitrogen and oxygen atoms in total. The fourth-order valence-corrected chi connectivity index (χ4v) is 3.05. The molecule has 1 heterocycles. The Hall–Kier alpha value is -3.32. The third kappa shape index (κ3) is 2.99. The van der Waals surface area contributed by atoms with Gasteiger partial charge < -0.3 is 4.42 Å². The van der Waals surface area contributed by atoms with E-state index in [0.717, 1.165) is 12.1 Å². The molecule has 0 atom stereocenters. The third-order valence-electron chi connectivity index (χ3n) is 4.19. The lowest BCUT2D eigenvalue weighted by Gasteiger charge is -2.08. The van der Waals surface area contributed by atoms with Gasteiger partial charge in [-0.1, -0.05) is 17.7 Å². The molecule has 3 aromatic carbocycles. The fraction of sp³-hybridized carbons (Fsp3) is 0. The highest BCUT2D eigenvalue weighted by Crippen LogP contribution is 2.26. The van der Waals surface area contributed by atoms with Gasteiger partial charge in [-0.05, 0) is 48.0 Å². The summed E-state index contributed by atoms with van der Waals surface area (Å²) < 4.78 is 47.1. The van der Waals surface area contributed by atoms with Crippen molar-refractivity contribution in [3.8, 4) is 16.8 Å². The zero-order valence-corrected chi connectivity index (χ0v) is 14.6. The first-order valence-corrected chi connectivity index (χ1v) is 8.34. The van der Waals surface area contributed by atoms with Crippen LogP contribution in [-0.2, 0) is 0 Å². The van der Waals surface area contributed by atoms with Crippen LogP contribution in [-0.4, -0.2) is 4.57 Å². The summed E-state index contributed by atoms with van der Waals surface area (Å²) in [6, 6.07) is 10.5. The predicted molar refractivity (Wildman–Crippen MR) is 98.4 cm³/mol. The molecule has 140 valence electrons. The molecule has 0 fully saturated rings. The van der Waals surface area contributed by atoms with Gasteiger partial charge in [0.05, 0.1) is 11.1 Å². The second-order valence-corrected chi connectivity index (χ2v) is 6.38. The molecule has 4 aromatic rings. The van der Waals surface area contributed by atoms with E-state index in [1.165, 1.54) is 36.4 Å². The van der Waals surface area contributed by atoms with Gasteiger partial charge in [0.15, 0.2) is 0 Å². The highest BCUT2D eigenvalue weighted by molar-refractivity contribution is 6.30. The summed E-state index contributed by atoms with van der Waals surface area (Å²) >= 11 is 5.70. The Bertz CT molecular complexity index is 1360. The van der Waals surface area contributed by atoms with Crippen LogP contribution in [0.1, 0.15) is 0 Å². The van der Waals surface area contributed by atoms with Crippen molar-refractivity contribution in [1.29, 1.82) is 0 Å². The van der Waals surface area contributed by atoms with Crippen molar-refractivity contribution >= 4 is 22.6 Å². The maximum atomic E-state index is 14.2. The van der Waals surface area contributed by atoms with Crippen LogP contribution >= 0.6 is 11.6 Å². The molecule has 8 heteroatoms. The largest absolute Gasteiger partial charge is 0.427 e. The topological polar surface area (TPSA) is 52.2 Å². The normalized spacial score (nSPS) is 11.1.